The van der Waals surface area contributed by atoms with Crippen LogP contribution in [0.2, 0.25) is 0 Å². The van der Waals surface area contributed by atoms with Crippen LogP contribution in [0.1, 0.15) is 17.2 Å². The standard InChI is InChI=1S/C15H14BrN/c1-17(2)15-13-6-4-3-5-11(13)12-8-7-10(16)9-14(12)15/h3-9,15H,1-2H3. The van der Waals surface area contributed by atoms with Gasteiger partial charge in [-0.2, -0.15) is 0 Å². The third kappa shape index (κ3) is 1.63. The summed E-state index contributed by atoms with van der Waals surface area (Å²) in [6.45, 7) is 0. The smallest absolute Gasteiger partial charge is 0.0609 e. The summed E-state index contributed by atoms with van der Waals surface area (Å²) in [5.74, 6) is 0. The molecule has 0 fully saturated rings. The van der Waals surface area contributed by atoms with Crippen molar-refractivity contribution in [3.8, 4) is 11.1 Å². The molecule has 2 heteroatoms. The fourth-order valence-electron chi connectivity index (χ4n) is 2.71. The third-order valence-electron chi connectivity index (χ3n) is 3.37. The lowest BCUT2D eigenvalue weighted by atomic mass is 10.0. The largest absolute Gasteiger partial charge is 0.299 e. The predicted octanol–water partition coefficient (Wildman–Crippen LogP) is 4.08. The quantitative estimate of drug-likeness (QED) is 0.764. The summed E-state index contributed by atoms with van der Waals surface area (Å²) in [6, 6.07) is 15.6. The first kappa shape index (κ1) is 11.0. The van der Waals surface area contributed by atoms with Crippen molar-refractivity contribution in [2.45, 2.75) is 6.04 Å². The summed E-state index contributed by atoms with van der Waals surface area (Å²) in [5, 5.41) is 0. The van der Waals surface area contributed by atoms with E-state index in [0.717, 1.165) is 4.47 Å². The number of fused-ring (bicyclic) bond motifs is 3. The van der Waals surface area contributed by atoms with Gasteiger partial charge in [-0.1, -0.05) is 46.3 Å². The van der Waals surface area contributed by atoms with E-state index in [1.807, 2.05) is 0 Å². The van der Waals surface area contributed by atoms with Gasteiger partial charge in [0.05, 0.1) is 6.04 Å². The Bertz CT molecular complexity index is 575. The van der Waals surface area contributed by atoms with Gasteiger partial charge in [0.1, 0.15) is 0 Å². The van der Waals surface area contributed by atoms with Crippen molar-refractivity contribution >= 4 is 15.9 Å². The van der Waals surface area contributed by atoms with Gasteiger partial charge < -0.3 is 0 Å². The Morgan fingerprint density at radius 2 is 1.65 bits per heavy atom. The first-order valence-electron chi connectivity index (χ1n) is 5.73. The summed E-state index contributed by atoms with van der Waals surface area (Å²) >= 11 is 3.57. The molecule has 3 rings (SSSR count). The molecule has 0 radical (unpaired) electrons. The minimum Gasteiger partial charge on any atom is -0.299 e. The van der Waals surface area contributed by atoms with Crippen molar-refractivity contribution < 1.29 is 0 Å². The molecular formula is C15H14BrN. The number of hydrogen-bond acceptors (Lipinski definition) is 1. The van der Waals surface area contributed by atoms with Crippen molar-refractivity contribution in [3.05, 3.63) is 58.1 Å². The lowest BCUT2D eigenvalue weighted by Crippen LogP contribution is -2.18. The highest BCUT2D eigenvalue weighted by atomic mass is 79.9. The van der Waals surface area contributed by atoms with Crippen molar-refractivity contribution in [2.24, 2.45) is 0 Å². The zero-order valence-corrected chi connectivity index (χ0v) is 11.5. The summed E-state index contributed by atoms with van der Waals surface area (Å²) in [4.78, 5) is 2.27. The minimum absolute atomic E-state index is 0.374. The van der Waals surface area contributed by atoms with Crippen molar-refractivity contribution in [1.82, 2.24) is 4.90 Å². The van der Waals surface area contributed by atoms with Gasteiger partial charge in [-0.15, -0.1) is 0 Å². The second-order valence-electron chi connectivity index (χ2n) is 4.68. The van der Waals surface area contributed by atoms with Crippen LogP contribution in [-0.4, -0.2) is 19.0 Å². The summed E-state index contributed by atoms with van der Waals surface area (Å²) in [7, 11) is 4.27. The number of benzene rings is 2. The van der Waals surface area contributed by atoms with Gasteiger partial charge >= 0.3 is 0 Å². The lowest BCUT2D eigenvalue weighted by molar-refractivity contribution is 0.347. The lowest BCUT2D eigenvalue weighted by Gasteiger charge is -2.21. The molecule has 0 spiro atoms. The Balaban J connectivity index is 2.29. The zero-order chi connectivity index (χ0) is 12.0. The molecule has 0 aromatic heterocycles. The summed E-state index contributed by atoms with van der Waals surface area (Å²) in [6.07, 6.45) is 0. The molecule has 2 aromatic rings. The monoisotopic (exact) mass is 287 g/mol. The van der Waals surface area contributed by atoms with Gasteiger partial charge in [0.25, 0.3) is 0 Å². The number of hydrogen-bond donors (Lipinski definition) is 0. The van der Waals surface area contributed by atoms with Gasteiger partial charge in [-0.05, 0) is 48.5 Å². The molecule has 0 amide bonds. The van der Waals surface area contributed by atoms with Crippen LogP contribution in [0.5, 0.6) is 0 Å². The van der Waals surface area contributed by atoms with Crippen molar-refractivity contribution in [3.63, 3.8) is 0 Å². The van der Waals surface area contributed by atoms with Gasteiger partial charge in [-0.3, -0.25) is 4.90 Å². The highest BCUT2D eigenvalue weighted by Gasteiger charge is 2.29. The van der Waals surface area contributed by atoms with Gasteiger partial charge in [-0.25, -0.2) is 0 Å². The normalized spacial score (nSPS) is 17.1. The summed E-state index contributed by atoms with van der Waals surface area (Å²) < 4.78 is 1.15. The van der Waals surface area contributed by atoms with Gasteiger partial charge in [0.15, 0.2) is 0 Å². The van der Waals surface area contributed by atoms with Crippen LogP contribution in [0, 0.1) is 0 Å². The Labute approximate surface area is 110 Å². The molecule has 0 aliphatic heterocycles. The molecule has 86 valence electrons. The highest BCUT2D eigenvalue weighted by Crippen LogP contribution is 2.46. The number of halogens is 1. The zero-order valence-electron chi connectivity index (χ0n) is 9.94. The van der Waals surface area contributed by atoms with Crippen LogP contribution in [0.25, 0.3) is 11.1 Å². The molecule has 1 aliphatic carbocycles. The van der Waals surface area contributed by atoms with E-state index in [2.05, 4.69) is 77.4 Å². The maximum Gasteiger partial charge on any atom is 0.0609 e. The maximum atomic E-state index is 3.57. The molecule has 0 saturated carbocycles. The molecule has 0 saturated heterocycles. The molecule has 17 heavy (non-hydrogen) atoms. The highest BCUT2D eigenvalue weighted by molar-refractivity contribution is 9.10. The van der Waals surface area contributed by atoms with Gasteiger partial charge in [0, 0.05) is 4.47 Å². The van der Waals surface area contributed by atoms with Crippen LogP contribution in [0.3, 0.4) is 0 Å². The SMILES string of the molecule is CN(C)C1c2ccccc2-c2ccc(Br)cc21. The summed E-state index contributed by atoms with van der Waals surface area (Å²) in [5.41, 5.74) is 5.53. The van der Waals surface area contributed by atoms with E-state index in [1.54, 1.807) is 0 Å². The minimum atomic E-state index is 0.374. The van der Waals surface area contributed by atoms with E-state index in [4.69, 9.17) is 0 Å². The molecule has 1 aliphatic rings. The maximum absolute atomic E-state index is 3.57. The first-order chi connectivity index (χ1) is 8.18. The fraction of sp³-hybridized carbons (Fsp3) is 0.200. The number of rotatable bonds is 1. The molecule has 1 atom stereocenters. The number of nitrogens with zero attached hydrogens (tertiary/aromatic N) is 1. The van der Waals surface area contributed by atoms with E-state index in [9.17, 15) is 0 Å². The Morgan fingerprint density at radius 1 is 0.941 bits per heavy atom. The average Bonchev–Trinajstić information content (AvgIpc) is 2.62. The van der Waals surface area contributed by atoms with E-state index in [1.165, 1.54) is 22.3 Å². The van der Waals surface area contributed by atoms with E-state index in [0.29, 0.717) is 6.04 Å². The van der Waals surface area contributed by atoms with Crippen LogP contribution in [0.4, 0.5) is 0 Å². The molecule has 0 heterocycles. The molecule has 1 nitrogen and oxygen atoms in total. The third-order valence-corrected chi connectivity index (χ3v) is 3.86. The van der Waals surface area contributed by atoms with Crippen LogP contribution >= 0.6 is 15.9 Å². The fourth-order valence-corrected chi connectivity index (χ4v) is 3.09. The Kier molecular flexibility index (Phi) is 2.57. The Hall–Kier alpha value is -1.12. The molecule has 0 N–H and O–H groups in total. The second kappa shape index (κ2) is 3.97. The molecule has 2 aromatic carbocycles. The molecule has 0 bridgehead atoms. The van der Waals surface area contributed by atoms with Gasteiger partial charge in [0.2, 0.25) is 0 Å². The second-order valence-corrected chi connectivity index (χ2v) is 5.60. The topological polar surface area (TPSA) is 3.24 Å². The average molecular weight is 288 g/mol. The molecule has 1 unspecified atom stereocenters. The van der Waals surface area contributed by atoms with Crippen LogP contribution in [-0.2, 0) is 0 Å². The predicted molar refractivity (Wildman–Crippen MR) is 75.1 cm³/mol. The van der Waals surface area contributed by atoms with E-state index < -0.39 is 0 Å². The van der Waals surface area contributed by atoms with Crippen molar-refractivity contribution in [2.75, 3.05) is 14.1 Å². The molecular weight excluding hydrogens is 274 g/mol. The first-order valence-corrected chi connectivity index (χ1v) is 6.53. The van der Waals surface area contributed by atoms with Crippen molar-refractivity contribution in [1.29, 1.82) is 0 Å². The van der Waals surface area contributed by atoms with E-state index in [-0.39, 0.29) is 0 Å². The van der Waals surface area contributed by atoms with E-state index >= 15 is 0 Å². The van der Waals surface area contributed by atoms with Crippen LogP contribution in [0.15, 0.2) is 46.9 Å². The van der Waals surface area contributed by atoms with Crippen LogP contribution < -0.4 is 0 Å². The Morgan fingerprint density at radius 3 is 2.41 bits per heavy atom.